The maximum atomic E-state index is 11.9. The summed E-state index contributed by atoms with van der Waals surface area (Å²) in [6, 6.07) is 10.9. The number of amides is 1. The predicted octanol–water partition coefficient (Wildman–Crippen LogP) is 6.28. The molecule has 0 aliphatic carbocycles. The number of thioether (sulfide) groups is 1. The summed E-state index contributed by atoms with van der Waals surface area (Å²) in [4.78, 5) is 11.9. The molecule has 2 aromatic carbocycles. The Hall–Kier alpha value is -0.580. The Morgan fingerprint density at radius 3 is 2.48 bits per heavy atom. The molecule has 0 fully saturated rings. The molecule has 1 N–H and O–H groups in total. The highest BCUT2D eigenvalue weighted by Crippen LogP contribution is 2.24. The first-order chi connectivity index (χ1) is 12.0. The highest BCUT2D eigenvalue weighted by Gasteiger charge is 2.06. The van der Waals surface area contributed by atoms with Crippen molar-refractivity contribution < 1.29 is 4.79 Å². The van der Waals surface area contributed by atoms with Crippen LogP contribution in [0.3, 0.4) is 0 Å². The van der Waals surface area contributed by atoms with Crippen LogP contribution in [0.1, 0.15) is 17.5 Å². The highest BCUT2D eigenvalue weighted by molar-refractivity contribution is 7.98. The van der Waals surface area contributed by atoms with Crippen LogP contribution in [0.5, 0.6) is 0 Å². The van der Waals surface area contributed by atoms with E-state index in [9.17, 15) is 4.79 Å². The number of hydrogen-bond acceptors (Lipinski definition) is 2. The van der Waals surface area contributed by atoms with E-state index in [0.29, 0.717) is 39.5 Å². The summed E-state index contributed by atoms with van der Waals surface area (Å²) in [6.07, 6.45) is 0.997. The van der Waals surface area contributed by atoms with Gasteiger partial charge < -0.3 is 5.32 Å². The normalized spacial score (nSPS) is 10.7. The number of hydrogen-bond donors (Lipinski definition) is 1. The first-order valence-corrected chi connectivity index (χ1v) is 10.3. The molecule has 0 bridgehead atoms. The van der Waals surface area contributed by atoms with Gasteiger partial charge in [0, 0.05) is 34.5 Å². The lowest BCUT2D eigenvalue weighted by atomic mass is 10.1. The minimum atomic E-state index is 0.0150. The number of halogens is 4. The molecule has 134 valence electrons. The van der Waals surface area contributed by atoms with Crippen molar-refractivity contribution in [2.75, 3.05) is 12.3 Å². The largest absolute Gasteiger partial charge is 0.355 e. The summed E-state index contributed by atoms with van der Waals surface area (Å²) in [5.41, 5.74) is 2.04. The van der Waals surface area contributed by atoms with Gasteiger partial charge in [-0.3, -0.25) is 4.79 Å². The first kappa shape index (κ1) is 20.7. The molecular formula is C18H17Cl4NOS. The molecule has 1 amide bonds. The van der Waals surface area contributed by atoms with E-state index in [-0.39, 0.29) is 5.91 Å². The molecule has 0 heterocycles. The molecule has 25 heavy (non-hydrogen) atoms. The number of rotatable bonds is 8. The standard InChI is InChI=1S/C18H17Cl4NOS/c19-14-4-2-13(16(21)10-14)3-6-18(24)23-7-8-25-11-12-1-5-15(20)17(22)9-12/h1-2,4-5,9-10H,3,6-8,11H2,(H,23,24). The van der Waals surface area contributed by atoms with Crippen molar-refractivity contribution in [3.8, 4) is 0 Å². The van der Waals surface area contributed by atoms with E-state index in [2.05, 4.69) is 5.32 Å². The quantitative estimate of drug-likeness (QED) is 0.493. The van der Waals surface area contributed by atoms with Crippen molar-refractivity contribution in [1.29, 1.82) is 0 Å². The third kappa shape index (κ3) is 7.28. The van der Waals surface area contributed by atoms with E-state index in [4.69, 9.17) is 46.4 Å². The number of nitrogens with one attached hydrogen (secondary N) is 1. The molecule has 7 heteroatoms. The van der Waals surface area contributed by atoms with Gasteiger partial charge in [0.1, 0.15) is 0 Å². The fraction of sp³-hybridized carbons (Fsp3) is 0.278. The number of carbonyl (C=O) groups is 1. The maximum Gasteiger partial charge on any atom is 0.220 e. The molecule has 0 spiro atoms. The van der Waals surface area contributed by atoms with Crippen LogP contribution in [-0.4, -0.2) is 18.2 Å². The van der Waals surface area contributed by atoms with Crippen molar-refractivity contribution in [3.63, 3.8) is 0 Å². The Morgan fingerprint density at radius 1 is 0.960 bits per heavy atom. The molecule has 2 aromatic rings. The lowest BCUT2D eigenvalue weighted by Gasteiger charge is -2.07. The summed E-state index contributed by atoms with van der Waals surface area (Å²) in [7, 11) is 0. The minimum Gasteiger partial charge on any atom is -0.355 e. The van der Waals surface area contributed by atoms with Gasteiger partial charge >= 0.3 is 0 Å². The van der Waals surface area contributed by atoms with E-state index < -0.39 is 0 Å². The Balaban J connectivity index is 1.62. The van der Waals surface area contributed by atoms with Gasteiger partial charge in [-0.2, -0.15) is 11.8 Å². The van der Waals surface area contributed by atoms with Gasteiger partial charge in [0.05, 0.1) is 10.0 Å². The summed E-state index contributed by atoms with van der Waals surface area (Å²) in [5.74, 6) is 1.67. The summed E-state index contributed by atoms with van der Waals surface area (Å²) >= 11 is 25.6. The van der Waals surface area contributed by atoms with Crippen LogP contribution in [0.25, 0.3) is 0 Å². The summed E-state index contributed by atoms with van der Waals surface area (Å²) < 4.78 is 0. The van der Waals surface area contributed by atoms with Crippen LogP contribution in [-0.2, 0) is 17.0 Å². The van der Waals surface area contributed by atoms with Gasteiger partial charge in [-0.15, -0.1) is 0 Å². The Kier molecular flexibility index (Phi) is 8.74. The molecule has 0 aromatic heterocycles. The van der Waals surface area contributed by atoms with Crippen molar-refractivity contribution in [2.45, 2.75) is 18.6 Å². The lowest BCUT2D eigenvalue weighted by molar-refractivity contribution is -0.120. The smallest absolute Gasteiger partial charge is 0.220 e. The zero-order chi connectivity index (χ0) is 18.2. The second-order valence-corrected chi connectivity index (χ2v) is 8.15. The van der Waals surface area contributed by atoms with Gasteiger partial charge in [-0.25, -0.2) is 0 Å². The van der Waals surface area contributed by atoms with Crippen LogP contribution < -0.4 is 5.32 Å². The molecule has 2 rings (SSSR count). The van der Waals surface area contributed by atoms with Gasteiger partial charge in [0.2, 0.25) is 5.91 Å². The Morgan fingerprint density at radius 2 is 1.76 bits per heavy atom. The lowest BCUT2D eigenvalue weighted by Crippen LogP contribution is -2.25. The fourth-order valence-corrected chi connectivity index (χ4v) is 3.77. The topological polar surface area (TPSA) is 29.1 Å². The molecule has 0 aliphatic rings. The first-order valence-electron chi connectivity index (χ1n) is 7.68. The van der Waals surface area contributed by atoms with Crippen LogP contribution in [0, 0.1) is 0 Å². The SMILES string of the molecule is O=C(CCc1ccc(Cl)cc1Cl)NCCSCc1ccc(Cl)c(Cl)c1. The van der Waals surface area contributed by atoms with Crippen molar-refractivity contribution in [3.05, 3.63) is 67.6 Å². The van der Waals surface area contributed by atoms with Gasteiger partial charge in [0.25, 0.3) is 0 Å². The zero-order valence-corrected chi connectivity index (χ0v) is 17.2. The monoisotopic (exact) mass is 435 g/mol. The van der Waals surface area contributed by atoms with E-state index in [0.717, 1.165) is 22.6 Å². The molecule has 0 aliphatic heterocycles. The summed E-state index contributed by atoms with van der Waals surface area (Å²) in [6.45, 7) is 0.624. The third-order valence-electron chi connectivity index (χ3n) is 3.46. The average Bonchev–Trinajstić information content (AvgIpc) is 2.57. The van der Waals surface area contributed by atoms with Crippen LogP contribution in [0.4, 0.5) is 0 Å². The van der Waals surface area contributed by atoms with E-state index >= 15 is 0 Å². The molecule has 0 unspecified atom stereocenters. The molecule has 2 nitrogen and oxygen atoms in total. The molecule has 0 radical (unpaired) electrons. The predicted molar refractivity (Wildman–Crippen MR) is 110 cm³/mol. The van der Waals surface area contributed by atoms with E-state index in [1.165, 1.54) is 0 Å². The van der Waals surface area contributed by atoms with Gasteiger partial charge in [-0.05, 0) is 41.8 Å². The van der Waals surface area contributed by atoms with Crippen molar-refractivity contribution in [1.82, 2.24) is 5.32 Å². The van der Waals surface area contributed by atoms with Crippen LogP contribution >= 0.6 is 58.2 Å². The van der Waals surface area contributed by atoms with E-state index in [1.807, 2.05) is 18.2 Å². The molecular weight excluding hydrogens is 420 g/mol. The number of carbonyl (C=O) groups excluding carboxylic acids is 1. The number of benzene rings is 2. The van der Waals surface area contributed by atoms with Crippen LogP contribution in [0.2, 0.25) is 20.1 Å². The molecule has 0 atom stereocenters. The van der Waals surface area contributed by atoms with Crippen LogP contribution in [0.15, 0.2) is 36.4 Å². The fourth-order valence-electron chi connectivity index (χ4n) is 2.14. The van der Waals surface area contributed by atoms with Crippen molar-refractivity contribution >= 4 is 64.1 Å². The summed E-state index contributed by atoms with van der Waals surface area (Å²) in [5, 5.41) is 5.23. The average molecular weight is 437 g/mol. The van der Waals surface area contributed by atoms with Gasteiger partial charge in [0.15, 0.2) is 0 Å². The second kappa shape index (κ2) is 10.5. The molecule has 0 saturated carbocycles. The van der Waals surface area contributed by atoms with Crippen molar-refractivity contribution in [2.24, 2.45) is 0 Å². The third-order valence-corrected chi connectivity index (χ3v) is 5.81. The minimum absolute atomic E-state index is 0.0150. The Bertz CT molecular complexity index is 739. The Labute approximate surface area is 172 Å². The van der Waals surface area contributed by atoms with E-state index in [1.54, 1.807) is 30.0 Å². The zero-order valence-electron chi connectivity index (χ0n) is 13.3. The highest BCUT2D eigenvalue weighted by atomic mass is 35.5. The number of aryl methyl sites for hydroxylation is 1. The maximum absolute atomic E-state index is 11.9. The van der Waals surface area contributed by atoms with Gasteiger partial charge in [-0.1, -0.05) is 58.5 Å². The molecule has 0 saturated heterocycles. The second-order valence-electron chi connectivity index (χ2n) is 5.39.